The lowest BCUT2D eigenvalue weighted by molar-refractivity contribution is -0.135. The Hall–Kier alpha value is -3.06. The molecule has 204 valence electrons. The lowest BCUT2D eigenvalue weighted by Gasteiger charge is -2.40. The Morgan fingerprint density at radius 1 is 0.921 bits per heavy atom. The maximum atomic E-state index is 13.3. The van der Waals surface area contributed by atoms with Gasteiger partial charge in [-0.15, -0.1) is 0 Å². The largest absolute Gasteiger partial charge is 0.491 e. The molecule has 3 aliphatic heterocycles. The summed E-state index contributed by atoms with van der Waals surface area (Å²) < 4.78 is 5.97. The van der Waals surface area contributed by atoms with Crippen molar-refractivity contribution in [1.82, 2.24) is 15.5 Å². The number of benzene rings is 2. The highest BCUT2D eigenvalue weighted by Gasteiger charge is 2.41. The normalized spacial score (nSPS) is 20.5. The fraction of sp³-hybridized carbons (Fsp3) is 0.548. The molecule has 2 amide bonds. The van der Waals surface area contributed by atoms with Crippen LogP contribution in [0.2, 0.25) is 0 Å². The van der Waals surface area contributed by atoms with E-state index in [9.17, 15) is 9.59 Å². The Morgan fingerprint density at radius 2 is 1.68 bits per heavy atom. The molecule has 7 nitrogen and oxygen atoms in total. The highest BCUT2D eigenvalue weighted by atomic mass is 16.5. The summed E-state index contributed by atoms with van der Waals surface area (Å²) in [6.07, 6.45) is 7.98. The van der Waals surface area contributed by atoms with Crippen LogP contribution in [0.1, 0.15) is 56.1 Å². The molecule has 2 fully saturated rings. The van der Waals surface area contributed by atoms with Gasteiger partial charge in [-0.1, -0.05) is 42.8 Å². The zero-order chi connectivity index (χ0) is 26.2. The lowest BCUT2D eigenvalue weighted by Crippen LogP contribution is -2.51. The number of para-hydroxylation sites is 2. The van der Waals surface area contributed by atoms with Crippen molar-refractivity contribution >= 4 is 17.5 Å². The van der Waals surface area contributed by atoms with Crippen molar-refractivity contribution in [3.8, 4) is 5.75 Å². The molecule has 0 unspecified atom stereocenters. The molecule has 7 heteroatoms. The van der Waals surface area contributed by atoms with Gasteiger partial charge in [0.05, 0.1) is 18.5 Å². The number of amides is 2. The highest BCUT2D eigenvalue weighted by Crippen LogP contribution is 2.37. The van der Waals surface area contributed by atoms with Crippen molar-refractivity contribution in [3.63, 3.8) is 0 Å². The molecule has 2 saturated heterocycles. The van der Waals surface area contributed by atoms with Gasteiger partial charge in [0.25, 0.3) is 0 Å². The average molecular weight is 519 g/mol. The molecule has 2 aromatic rings. The first-order valence-electron chi connectivity index (χ1n) is 14.4. The third-order valence-corrected chi connectivity index (χ3v) is 8.55. The van der Waals surface area contributed by atoms with E-state index in [1.807, 2.05) is 18.2 Å². The van der Waals surface area contributed by atoms with Crippen molar-refractivity contribution in [1.29, 1.82) is 0 Å². The van der Waals surface area contributed by atoms with Crippen molar-refractivity contribution in [2.24, 2.45) is 5.41 Å². The van der Waals surface area contributed by atoms with Crippen LogP contribution in [-0.4, -0.2) is 62.6 Å². The number of fused-ring (bicyclic) bond motifs is 1. The number of aryl methyl sites for hydroxylation is 1. The number of nitrogens with zero attached hydrogens (tertiary/aromatic N) is 2. The third-order valence-electron chi connectivity index (χ3n) is 8.55. The highest BCUT2D eigenvalue weighted by molar-refractivity contribution is 5.83. The van der Waals surface area contributed by atoms with Crippen LogP contribution in [0.15, 0.2) is 48.5 Å². The predicted molar refractivity (Wildman–Crippen MR) is 150 cm³/mol. The zero-order valence-electron chi connectivity index (χ0n) is 22.6. The molecule has 1 spiro atoms. The Labute approximate surface area is 226 Å². The number of anilines is 1. The number of hydrogen-bond acceptors (Lipinski definition) is 5. The molecule has 2 N–H and O–H groups in total. The molecule has 0 aliphatic carbocycles. The van der Waals surface area contributed by atoms with Gasteiger partial charge in [-0.25, -0.2) is 0 Å². The van der Waals surface area contributed by atoms with Crippen molar-refractivity contribution in [2.75, 3.05) is 50.8 Å². The number of ether oxygens (including phenoxy) is 1. The summed E-state index contributed by atoms with van der Waals surface area (Å²) in [5.41, 5.74) is 3.32. The van der Waals surface area contributed by atoms with Gasteiger partial charge in [0, 0.05) is 25.3 Å². The number of piperidine rings is 1. The van der Waals surface area contributed by atoms with E-state index in [0.717, 1.165) is 70.5 Å². The van der Waals surface area contributed by atoms with E-state index < -0.39 is 0 Å². The minimum Gasteiger partial charge on any atom is -0.491 e. The van der Waals surface area contributed by atoms with Gasteiger partial charge in [0.1, 0.15) is 12.4 Å². The fourth-order valence-corrected chi connectivity index (χ4v) is 6.25. The summed E-state index contributed by atoms with van der Waals surface area (Å²) in [5.74, 6) is 1.14. The molecule has 38 heavy (non-hydrogen) atoms. The van der Waals surface area contributed by atoms with Crippen LogP contribution in [0.3, 0.4) is 0 Å². The second-order valence-corrected chi connectivity index (χ2v) is 11.1. The van der Waals surface area contributed by atoms with Gasteiger partial charge >= 0.3 is 0 Å². The fourth-order valence-electron chi connectivity index (χ4n) is 6.25. The Kier molecular flexibility index (Phi) is 8.84. The molecule has 0 atom stereocenters. The van der Waals surface area contributed by atoms with E-state index in [0.29, 0.717) is 26.2 Å². The van der Waals surface area contributed by atoms with Gasteiger partial charge in [0.15, 0.2) is 0 Å². The Morgan fingerprint density at radius 3 is 2.53 bits per heavy atom. The first-order chi connectivity index (χ1) is 18.6. The maximum Gasteiger partial charge on any atom is 0.234 e. The number of hydrogen-bond donors (Lipinski definition) is 2. The SMILES string of the molecule is O=C(CN1CCC2(CCCCc3ccccc3OCCNC2=O)CC1)NCc1ccccc1N1CCCC1. The quantitative estimate of drug-likeness (QED) is 0.628. The molecule has 3 aliphatic rings. The van der Waals surface area contributed by atoms with Crippen LogP contribution in [0, 0.1) is 5.41 Å². The molecule has 0 bridgehead atoms. The molecule has 3 heterocycles. The Balaban J connectivity index is 1.12. The number of likely N-dealkylation sites (tertiary alicyclic amines) is 1. The molecular weight excluding hydrogens is 476 g/mol. The summed E-state index contributed by atoms with van der Waals surface area (Å²) in [6, 6.07) is 16.6. The zero-order valence-corrected chi connectivity index (χ0v) is 22.6. The maximum absolute atomic E-state index is 13.3. The second kappa shape index (κ2) is 12.7. The standard InChI is InChI=1S/C31H42N4O3/c36-29(33-23-26-11-1-3-12-27(26)35-18-7-8-19-35)24-34-20-15-31(16-21-34)14-6-5-10-25-9-2-4-13-28(25)38-22-17-32-30(31)37/h1-4,9,11-13H,5-8,10,14-24H2,(H,32,37)(H,33,36). The molecule has 2 aromatic carbocycles. The van der Waals surface area contributed by atoms with Crippen LogP contribution in [0.5, 0.6) is 5.75 Å². The first-order valence-corrected chi connectivity index (χ1v) is 14.4. The van der Waals surface area contributed by atoms with Gasteiger partial charge < -0.3 is 20.3 Å². The molecular formula is C31H42N4O3. The van der Waals surface area contributed by atoms with Crippen molar-refractivity contribution < 1.29 is 14.3 Å². The van der Waals surface area contributed by atoms with Crippen LogP contribution >= 0.6 is 0 Å². The summed E-state index contributed by atoms with van der Waals surface area (Å²) in [5, 5.41) is 6.29. The summed E-state index contributed by atoms with van der Waals surface area (Å²) in [4.78, 5) is 30.8. The number of carbonyl (C=O) groups is 2. The van der Waals surface area contributed by atoms with Crippen molar-refractivity contribution in [2.45, 2.75) is 57.9 Å². The minimum absolute atomic E-state index is 0.0520. The third kappa shape index (κ3) is 6.49. The molecule has 0 aromatic heterocycles. The van der Waals surface area contributed by atoms with E-state index in [1.54, 1.807) is 0 Å². The number of nitrogens with one attached hydrogen (secondary N) is 2. The molecule has 5 rings (SSSR count). The van der Waals surface area contributed by atoms with Crippen LogP contribution in [-0.2, 0) is 22.6 Å². The topological polar surface area (TPSA) is 73.9 Å². The van der Waals surface area contributed by atoms with Crippen molar-refractivity contribution in [3.05, 3.63) is 59.7 Å². The van der Waals surface area contributed by atoms with E-state index in [2.05, 4.69) is 50.8 Å². The second-order valence-electron chi connectivity index (χ2n) is 11.1. The van der Waals surface area contributed by atoms with E-state index in [-0.39, 0.29) is 17.2 Å². The monoisotopic (exact) mass is 518 g/mol. The average Bonchev–Trinajstić information content (AvgIpc) is 3.48. The van der Waals surface area contributed by atoms with E-state index >= 15 is 0 Å². The van der Waals surface area contributed by atoms with E-state index in [4.69, 9.17) is 4.74 Å². The smallest absolute Gasteiger partial charge is 0.234 e. The summed E-state index contributed by atoms with van der Waals surface area (Å²) in [6.45, 7) is 5.65. The van der Waals surface area contributed by atoms with Gasteiger partial charge in [0.2, 0.25) is 11.8 Å². The van der Waals surface area contributed by atoms with Crippen LogP contribution in [0.25, 0.3) is 0 Å². The number of carbonyl (C=O) groups excluding carboxylic acids is 2. The lowest BCUT2D eigenvalue weighted by atomic mass is 9.73. The predicted octanol–water partition coefficient (Wildman–Crippen LogP) is 3.91. The van der Waals surface area contributed by atoms with Gasteiger partial charge in [-0.3, -0.25) is 14.5 Å². The summed E-state index contributed by atoms with van der Waals surface area (Å²) >= 11 is 0. The molecule has 0 radical (unpaired) electrons. The van der Waals surface area contributed by atoms with Gasteiger partial charge in [-0.05, 0) is 81.3 Å². The first kappa shape index (κ1) is 26.5. The van der Waals surface area contributed by atoms with Crippen LogP contribution in [0.4, 0.5) is 5.69 Å². The number of rotatable bonds is 5. The molecule has 0 saturated carbocycles. The van der Waals surface area contributed by atoms with Gasteiger partial charge in [-0.2, -0.15) is 0 Å². The van der Waals surface area contributed by atoms with E-state index in [1.165, 1.54) is 29.7 Å². The Bertz CT molecular complexity index is 1090. The minimum atomic E-state index is -0.347. The summed E-state index contributed by atoms with van der Waals surface area (Å²) in [7, 11) is 0. The van der Waals surface area contributed by atoms with Crippen LogP contribution < -0.4 is 20.3 Å².